The van der Waals surface area contributed by atoms with Crippen molar-refractivity contribution in [1.29, 1.82) is 0 Å². The first-order chi connectivity index (χ1) is 26.6. The number of imide groups is 2. The third-order valence-corrected chi connectivity index (χ3v) is 11.9. The van der Waals surface area contributed by atoms with Crippen molar-refractivity contribution in [3.05, 3.63) is 101 Å². The lowest BCUT2D eigenvalue weighted by Crippen LogP contribution is -2.54. The molecular formula is C41H36BrFN4O7S. The third-order valence-electron chi connectivity index (χ3n) is 10.1. The third kappa shape index (κ3) is 7.66. The van der Waals surface area contributed by atoms with Gasteiger partial charge in [0.2, 0.25) is 11.8 Å². The maximum atomic E-state index is 13.2. The molecule has 11 nitrogen and oxygen atoms in total. The summed E-state index contributed by atoms with van der Waals surface area (Å²) in [6, 6.07) is 25.3. The van der Waals surface area contributed by atoms with Crippen molar-refractivity contribution in [3.8, 4) is 33.4 Å². The first-order valence-electron chi connectivity index (χ1n) is 18.1. The molecule has 3 fully saturated rings. The van der Waals surface area contributed by atoms with Gasteiger partial charge in [-0.05, 0) is 104 Å². The summed E-state index contributed by atoms with van der Waals surface area (Å²) in [5, 5.41) is 13.8. The van der Waals surface area contributed by atoms with Gasteiger partial charge in [0.1, 0.15) is 23.3 Å². The Balaban J connectivity index is 0.000000156. The van der Waals surface area contributed by atoms with Crippen molar-refractivity contribution in [2.45, 2.75) is 44.2 Å². The van der Waals surface area contributed by atoms with Gasteiger partial charge in [0.15, 0.2) is 5.75 Å². The second-order valence-electron chi connectivity index (χ2n) is 13.8. The number of carbonyl (C=O) groups is 4. The number of halogens is 2. The molecule has 0 radical (unpaired) electrons. The number of aromatic hydroxyl groups is 1. The predicted octanol–water partition coefficient (Wildman–Crippen LogP) is 7.85. The highest BCUT2D eigenvalue weighted by molar-refractivity contribution is 9.10. The molecule has 1 atom stereocenters. The molecule has 5 aromatic rings. The molecule has 0 spiro atoms. The minimum absolute atomic E-state index is 0.0859. The van der Waals surface area contributed by atoms with Crippen LogP contribution in [0.25, 0.3) is 20.5 Å². The van der Waals surface area contributed by atoms with E-state index in [4.69, 9.17) is 9.47 Å². The van der Waals surface area contributed by atoms with Crippen LogP contribution in [0.1, 0.15) is 52.8 Å². The van der Waals surface area contributed by atoms with Crippen LogP contribution < -0.4 is 19.7 Å². The number of benzene rings is 4. The molecule has 1 aliphatic carbocycles. The van der Waals surface area contributed by atoms with E-state index in [-0.39, 0.29) is 42.8 Å². The van der Waals surface area contributed by atoms with Gasteiger partial charge < -0.3 is 19.5 Å². The number of hydrogen-bond acceptors (Lipinski definition) is 10. The Morgan fingerprint density at radius 2 is 1.51 bits per heavy atom. The molecule has 14 heteroatoms. The van der Waals surface area contributed by atoms with E-state index >= 15 is 0 Å². The number of phenols is 1. The SMILES string of the molecule is O=C1CCC(N2C(=O)c3ccc(N4CCN(F)CC4)cc3C2=O)C(=O)N1.Oc1ccc2c(Oc3ccc(OC4CCC4)cc3)c(-c3ccc(Br)cc3)sc2c1. The first-order valence-corrected chi connectivity index (χ1v) is 19.7. The largest absolute Gasteiger partial charge is 0.508 e. The summed E-state index contributed by atoms with van der Waals surface area (Å²) in [5.74, 6) is 0.606. The van der Waals surface area contributed by atoms with Gasteiger partial charge in [-0.3, -0.25) is 29.4 Å². The Morgan fingerprint density at radius 3 is 2.20 bits per heavy atom. The van der Waals surface area contributed by atoms with Gasteiger partial charge in [-0.1, -0.05) is 28.1 Å². The molecule has 3 aliphatic heterocycles. The zero-order valence-electron chi connectivity index (χ0n) is 29.5. The van der Waals surface area contributed by atoms with Crippen molar-refractivity contribution >= 4 is 66.7 Å². The highest BCUT2D eigenvalue weighted by Gasteiger charge is 2.44. The van der Waals surface area contributed by atoms with E-state index in [1.807, 2.05) is 47.4 Å². The summed E-state index contributed by atoms with van der Waals surface area (Å²) < 4.78 is 27.5. The van der Waals surface area contributed by atoms with Crippen LogP contribution in [0.15, 0.2) is 89.4 Å². The van der Waals surface area contributed by atoms with E-state index < -0.39 is 29.7 Å². The Bertz CT molecular complexity index is 2290. The number of carbonyl (C=O) groups excluding carboxylic acids is 4. The van der Waals surface area contributed by atoms with Crippen molar-refractivity contribution in [3.63, 3.8) is 0 Å². The van der Waals surface area contributed by atoms with E-state index in [1.54, 1.807) is 41.7 Å². The minimum atomic E-state index is -0.973. The maximum absolute atomic E-state index is 13.2. The number of nitrogens with zero attached hydrogens (tertiary/aromatic N) is 3. The number of thiophene rings is 1. The Labute approximate surface area is 328 Å². The zero-order chi connectivity index (χ0) is 38.2. The molecule has 4 aliphatic rings. The predicted molar refractivity (Wildman–Crippen MR) is 209 cm³/mol. The molecule has 1 unspecified atom stereocenters. The second-order valence-corrected chi connectivity index (χ2v) is 15.7. The van der Waals surface area contributed by atoms with Crippen LogP contribution >= 0.6 is 27.3 Å². The number of fused-ring (bicyclic) bond motifs is 2. The average molecular weight is 828 g/mol. The number of ether oxygens (including phenoxy) is 2. The van der Waals surface area contributed by atoms with Crippen LogP contribution in [-0.2, 0) is 9.59 Å². The molecule has 9 rings (SSSR count). The standard InChI is InChI=1S/C24H19BrO3S.C17H17FN4O4/c25-16-6-4-15(5-7-16)24-23(21-13-8-17(26)14-22(21)29-24)28-20-11-9-19(10-12-20)27-18-2-1-3-18;18-21-7-5-20(6-8-21)10-1-2-11-12(9-10)17(26)22(16(11)25)13-3-4-14(23)19-15(13)24/h4-14,18,26H,1-3H2;1-2,9,13H,3-8H2,(H,19,23,24). The zero-order valence-corrected chi connectivity index (χ0v) is 31.9. The molecule has 1 saturated carbocycles. The van der Waals surface area contributed by atoms with Crippen LogP contribution in [-0.4, -0.2) is 77.1 Å². The van der Waals surface area contributed by atoms with Gasteiger partial charge >= 0.3 is 0 Å². The Morgan fingerprint density at radius 1 is 0.800 bits per heavy atom. The first kappa shape index (κ1) is 36.7. The number of piperidine rings is 1. The minimum Gasteiger partial charge on any atom is -0.508 e. The van der Waals surface area contributed by atoms with Crippen LogP contribution in [0.5, 0.6) is 23.0 Å². The van der Waals surface area contributed by atoms with Gasteiger partial charge in [-0.15, -0.1) is 20.9 Å². The number of amides is 4. The topological polar surface area (TPSA) is 129 Å². The Hall–Kier alpha value is -5.31. The van der Waals surface area contributed by atoms with Crippen LogP contribution in [0.2, 0.25) is 0 Å². The lowest BCUT2D eigenvalue weighted by molar-refractivity contribution is -0.136. The van der Waals surface area contributed by atoms with Gasteiger partial charge in [0.25, 0.3) is 11.8 Å². The normalized spacial score (nSPS) is 18.8. The molecule has 2 saturated heterocycles. The monoisotopic (exact) mass is 826 g/mol. The molecule has 4 amide bonds. The van der Waals surface area contributed by atoms with E-state index in [1.165, 1.54) is 6.42 Å². The summed E-state index contributed by atoms with van der Waals surface area (Å²) in [6.45, 7) is 1.50. The molecule has 4 heterocycles. The number of phenolic OH excluding ortho intramolecular Hbond substituents is 1. The second kappa shape index (κ2) is 15.4. The maximum Gasteiger partial charge on any atom is 0.262 e. The molecule has 2 N–H and O–H groups in total. The summed E-state index contributed by atoms with van der Waals surface area (Å²) in [5.41, 5.74) is 2.30. The van der Waals surface area contributed by atoms with Crippen LogP contribution in [0.4, 0.5) is 10.2 Å². The average Bonchev–Trinajstić information content (AvgIpc) is 3.63. The summed E-state index contributed by atoms with van der Waals surface area (Å²) in [7, 11) is 0. The van der Waals surface area contributed by atoms with Crippen molar-refractivity contribution in [1.82, 2.24) is 15.3 Å². The van der Waals surface area contributed by atoms with Gasteiger partial charge in [0.05, 0.1) is 22.1 Å². The summed E-state index contributed by atoms with van der Waals surface area (Å²) >= 11 is 5.11. The number of piperazine rings is 1. The van der Waals surface area contributed by atoms with Crippen molar-refractivity contribution in [2.24, 2.45) is 0 Å². The molecule has 55 heavy (non-hydrogen) atoms. The van der Waals surface area contributed by atoms with Crippen LogP contribution in [0, 0.1) is 0 Å². The van der Waals surface area contributed by atoms with Gasteiger partial charge in [-0.25, -0.2) is 0 Å². The lowest BCUT2D eigenvalue weighted by atomic mass is 9.96. The number of hydrogen-bond donors (Lipinski definition) is 2. The molecule has 1 aromatic heterocycles. The van der Waals surface area contributed by atoms with E-state index in [0.717, 1.165) is 70.8 Å². The van der Waals surface area contributed by atoms with Gasteiger partial charge in [0, 0.05) is 52.8 Å². The molecular weight excluding hydrogens is 791 g/mol. The number of anilines is 1. The quantitative estimate of drug-likeness (QED) is 0.125. The summed E-state index contributed by atoms with van der Waals surface area (Å²) in [4.78, 5) is 52.7. The van der Waals surface area contributed by atoms with Crippen molar-refractivity contribution < 1.29 is 38.2 Å². The smallest absolute Gasteiger partial charge is 0.262 e. The summed E-state index contributed by atoms with van der Waals surface area (Å²) in [6.07, 6.45) is 4.11. The Kier molecular flexibility index (Phi) is 10.3. The molecule has 4 aromatic carbocycles. The molecule has 0 bridgehead atoms. The fraction of sp³-hybridized carbons (Fsp3) is 0.268. The van der Waals surface area contributed by atoms with Gasteiger partial charge in [-0.2, -0.15) is 0 Å². The molecule has 282 valence electrons. The highest BCUT2D eigenvalue weighted by atomic mass is 79.9. The van der Waals surface area contributed by atoms with E-state index in [9.17, 15) is 28.8 Å². The lowest BCUT2D eigenvalue weighted by Gasteiger charge is -2.31. The van der Waals surface area contributed by atoms with Crippen LogP contribution in [0.3, 0.4) is 0 Å². The number of rotatable bonds is 7. The highest BCUT2D eigenvalue weighted by Crippen LogP contribution is 2.47. The fourth-order valence-electron chi connectivity index (χ4n) is 6.94. The van der Waals surface area contributed by atoms with Crippen molar-refractivity contribution in [2.75, 3.05) is 31.1 Å². The van der Waals surface area contributed by atoms with E-state index in [0.29, 0.717) is 19.2 Å². The van der Waals surface area contributed by atoms with E-state index in [2.05, 4.69) is 33.4 Å². The number of nitrogens with one attached hydrogen (secondary N) is 1. The fourth-order valence-corrected chi connectivity index (χ4v) is 8.37.